The van der Waals surface area contributed by atoms with Gasteiger partial charge in [-0.25, -0.2) is 4.79 Å². The van der Waals surface area contributed by atoms with E-state index in [2.05, 4.69) is 5.32 Å². The molecule has 44 heavy (non-hydrogen) atoms. The predicted molar refractivity (Wildman–Crippen MR) is 169 cm³/mol. The minimum absolute atomic E-state index is 0.232. The second kappa shape index (κ2) is 14.2. The molecule has 2 N–H and O–H groups in total. The number of carbonyl (C=O) groups is 3. The van der Waals surface area contributed by atoms with Crippen LogP contribution in [0.25, 0.3) is 21.8 Å². The molecule has 0 saturated heterocycles. The first kappa shape index (κ1) is 32.3. The van der Waals surface area contributed by atoms with Gasteiger partial charge in [-0.05, 0) is 80.6 Å². The number of benzene rings is 3. The van der Waals surface area contributed by atoms with Crippen LogP contribution < -0.4 is 24.1 Å². The molecule has 0 aliphatic heterocycles. The van der Waals surface area contributed by atoms with Crippen LogP contribution in [-0.2, 0) is 11.8 Å². The summed E-state index contributed by atoms with van der Waals surface area (Å²) >= 11 is 0. The van der Waals surface area contributed by atoms with Crippen molar-refractivity contribution in [2.45, 2.75) is 52.9 Å². The minimum atomic E-state index is -0.760. The molecule has 1 amide bonds. The SMILES string of the molecule is CCCC(CCCCNC(=O)c1cc(C)c(OC(=O)c2c3cc(OC)ccc3[n+](C)c3ccc(OC)cc23)c(C)c1)C(=O)O. The smallest absolute Gasteiger partial charge is 0.345 e. The average molecular weight is 602 g/mol. The third-order valence-corrected chi connectivity index (χ3v) is 8.04. The number of carbonyl (C=O) groups excluding carboxylic acids is 2. The van der Waals surface area contributed by atoms with Crippen LogP contribution in [0.5, 0.6) is 17.2 Å². The molecule has 3 aromatic carbocycles. The maximum Gasteiger partial charge on any atom is 0.345 e. The van der Waals surface area contributed by atoms with Gasteiger partial charge in [0.15, 0.2) is 0 Å². The van der Waals surface area contributed by atoms with Gasteiger partial charge >= 0.3 is 11.9 Å². The van der Waals surface area contributed by atoms with Crippen molar-refractivity contribution in [2.75, 3.05) is 20.8 Å². The standard InChI is InChI=1S/C35H40N2O7/c1-7-10-23(34(39)40)11-8-9-16-36-33(38)24-17-21(2)32(22(3)18-24)44-35(41)31-27-19-25(42-5)12-14-29(27)37(4)30-15-13-26(43-6)20-28(30)31/h12-15,17-20,23H,7-11,16H2,1-6H3,(H-,36,38,39,40)/p+1. The van der Waals surface area contributed by atoms with Crippen molar-refractivity contribution in [3.8, 4) is 17.2 Å². The summed E-state index contributed by atoms with van der Waals surface area (Å²) in [6, 6.07) is 14.6. The number of carboxylic acids is 1. The van der Waals surface area contributed by atoms with Gasteiger partial charge in [-0.1, -0.05) is 19.8 Å². The number of nitrogens with one attached hydrogen (secondary N) is 1. The molecule has 9 heteroatoms. The Kier molecular flexibility index (Phi) is 10.4. The van der Waals surface area contributed by atoms with Crippen LogP contribution in [0.4, 0.5) is 0 Å². The van der Waals surface area contributed by atoms with E-state index in [9.17, 15) is 19.5 Å². The van der Waals surface area contributed by atoms with Crippen LogP contribution in [-0.4, -0.2) is 43.7 Å². The Morgan fingerprint density at radius 2 is 1.43 bits per heavy atom. The fraction of sp³-hybridized carbons (Fsp3) is 0.371. The first-order valence-electron chi connectivity index (χ1n) is 14.9. The lowest BCUT2D eigenvalue weighted by Crippen LogP contribution is -2.31. The quantitative estimate of drug-likeness (QED) is 0.0628. The lowest BCUT2D eigenvalue weighted by Gasteiger charge is -2.15. The Balaban J connectivity index is 1.57. The Morgan fingerprint density at radius 1 is 0.864 bits per heavy atom. The van der Waals surface area contributed by atoms with Crippen LogP contribution in [0.15, 0.2) is 48.5 Å². The van der Waals surface area contributed by atoms with Gasteiger partial charge in [0.25, 0.3) is 5.91 Å². The molecule has 1 heterocycles. The number of fused-ring (bicyclic) bond motifs is 2. The van der Waals surface area contributed by atoms with E-state index in [1.165, 1.54) is 0 Å². The summed E-state index contributed by atoms with van der Waals surface area (Å²) in [5.74, 6) is -0.252. The number of unbranched alkanes of at least 4 members (excludes halogenated alkanes) is 1. The number of rotatable bonds is 13. The molecule has 0 radical (unpaired) electrons. The summed E-state index contributed by atoms with van der Waals surface area (Å²) in [6.07, 6.45) is 3.51. The number of ether oxygens (including phenoxy) is 3. The summed E-state index contributed by atoms with van der Waals surface area (Å²) in [7, 11) is 5.10. The van der Waals surface area contributed by atoms with Crippen molar-refractivity contribution in [1.29, 1.82) is 0 Å². The predicted octanol–water partition coefficient (Wildman–Crippen LogP) is 6.07. The number of aryl methyl sites for hydroxylation is 3. The van der Waals surface area contributed by atoms with Crippen molar-refractivity contribution in [3.05, 3.63) is 70.8 Å². The van der Waals surface area contributed by atoms with Gasteiger partial charge in [0, 0.05) is 24.2 Å². The minimum Gasteiger partial charge on any atom is -0.497 e. The molecule has 1 aromatic heterocycles. The topological polar surface area (TPSA) is 115 Å². The molecule has 1 atom stereocenters. The Bertz CT molecular complexity index is 1630. The van der Waals surface area contributed by atoms with Crippen molar-refractivity contribution >= 4 is 39.7 Å². The normalized spacial score (nSPS) is 11.8. The number of aliphatic carboxylic acids is 1. The lowest BCUT2D eigenvalue weighted by atomic mass is 9.97. The second-order valence-electron chi connectivity index (χ2n) is 11.1. The van der Waals surface area contributed by atoms with Gasteiger partial charge < -0.3 is 24.6 Å². The van der Waals surface area contributed by atoms with E-state index in [1.54, 1.807) is 40.2 Å². The summed E-state index contributed by atoms with van der Waals surface area (Å²) in [6.45, 7) is 6.04. The van der Waals surface area contributed by atoms with Gasteiger partial charge in [-0.15, -0.1) is 0 Å². The highest BCUT2D eigenvalue weighted by molar-refractivity contribution is 6.14. The molecule has 232 valence electrons. The van der Waals surface area contributed by atoms with Gasteiger partial charge in [0.1, 0.15) is 24.3 Å². The number of esters is 1. The summed E-state index contributed by atoms with van der Waals surface area (Å²) in [4.78, 5) is 38.3. The molecular weight excluding hydrogens is 560 g/mol. The fourth-order valence-corrected chi connectivity index (χ4v) is 5.71. The maximum atomic E-state index is 14.0. The number of hydrogen-bond donors (Lipinski definition) is 2. The maximum absolute atomic E-state index is 14.0. The highest BCUT2D eigenvalue weighted by atomic mass is 16.5. The molecule has 0 bridgehead atoms. The first-order chi connectivity index (χ1) is 21.1. The van der Waals surface area contributed by atoms with Crippen molar-refractivity contribution in [3.63, 3.8) is 0 Å². The van der Waals surface area contributed by atoms with E-state index < -0.39 is 11.9 Å². The number of nitrogens with zero attached hydrogens (tertiary/aromatic N) is 1. The zero-order valence-corrected chi connectivity index (χ0v) is 26.3. The molecule has 9 nitrogen and oxygen atoms in total. The third kappa shape index (κ3) is 6.93. The van der Waals surface area contributed by atoms with Crippen molar-refractivity contribution in [1.82, 2.24) is 5.32 Å². The third-order valence-electron chi connectivity index (χ3n) is 8.04. The van der Waals surface area contributed by atoms with E-state index in [0.717, 1.165) is 23.9 Å². The molecule has 0 spiro atoms. The molecule has 0 aliphatic carbocycles. The number of amides is 1. The van der Waals surface area contributed by atoms with E-state index in [1.807, 2.05) is 54.9 Å². The summed E-state index contributed by atoms with van der Waals surface area (Å²) < 4.78 is 19.0. The van der Waals surface area contributed by atoms with Crippen LogP contribution in [0.2, 0.25) is 0 Å². The van der Waals surface area contributed by atoms with E-state index >= 15 is 0 Å². The Morgan fingerprint density at radius 3 is 1.93 bits per heavy atom. The number of methoxy groups -OCH3 is 2. The Hall–Kier alpha value is -4.66. The monoisotopic (exact) mass is 601 g/mol. The Labute approximate surface area is 257 Å². The number of pyridine rings is 1. The van der Waals surface area contributed by atoms with Gasteiger partial charge in [0.2, 0.25) is 11.0 Å². The van der Waals surface area contributed by atoms with E-state index in [0.29, 0.717) is 76.1 Å². The summed E-state index contributed by atoms with van der Waals surface area (Å²) in [5.41, 5.74) is 3.82. The molecule has 0 saturated carbocycles. The van der Waals surface area contributed by atoms with Gasteiger partial charge in [0.05, 0.1) is 36.5 Å². The van der Waals surface area contributed by atoms with Crippen LogP contribution in [0.1, 0.15) is 70.9 Å². The highest BCUT2D eigenvalue weighted by Gasteiger charge is 2.26. The van der Waals surface area contributed by atoms with Crippen LogP contribution in [0, 0.1) is 19.8 Å². The molecule has 4 rings (SSSR count). The second-order valence-corrected chi connectivity index (χ2v) is 11.1. The van der Waals surface area contributed by atoms with Crippen LogP contribution in [0.3, 0.4) is 0 Å². The molecule has 1 unspecified atom stereocenters. The number of hydrogen-bond acceptors (Lipinski definition) is 6. The van der Waals surface area contributed by atoms with Gasteiger partial charge in [-0.3, -0.25) is 9.59 Å². The first-order valence-corrected chi connectivity index (χ1v) is 14.9. The average Bonchev–Trinajstić information content (AvgIpc) is 3.01. The van der Waals surface area contributed by atoms with Crippen molar-refractivity contribution in [2.24, 2.45) is 13.0 Å². The van der Waals surface area contributed by atoms with Crippen LogP contribution >= 0.6 is 0 Å². The largest absolute Gasteiger partial charge is 0.497 e. The van der Waals surface area contributed by atoms with Crippen molar-refractivity contribution < 1.29 is 38.3 Å². The lowest BCUT2D eigenvalue weighted by molar-refractivity contribution is -0.617. The zero-order chi connectivity index (χ0) is 32.0. The fourth-order valence-electron chi connectivity index (χ4n) is 5.71. The number of aromatic nitrogens is 1. The van der Waals surface area contributed by atoms with Gasteiger partial charge in [-0.2, -0.15) is 4.57 Å². The molecular formula is C35H41N2O7+. The molecule has 0 aliphatic rings. The zero-order valence-electron chi connectivity index (χ0n) is 26.3. The summed E-state index contributed by atoms with van der Waals surface area (Å²) in [5, 5.41) is 13.6. The highest BCUT2D eigenvalue weighted by Crippen LogP contribution is 2.33. The molecule has 4 aromatic rings. The number of carboxylic acid groups (broad SMARTS) is 1. The molecule has 0 fully saturated rings. The van der Waals surface area contributed by atoms with E-state index in [-0.39, 0.29) is 11.8 Å². The van der Waals surface area contributed by atoms with E-state index in [4.69, 9.17) is 14.2 Å².